The third-order valence-corrected chi connectivity index (χ3v) is 23.6. The van der Waals surface area contributed by atoms with Gasteiger partial charge in [-0.2, -0.15) is 0 Å². The van der Waals surface area contributed by atoms with E-state index in [1.807, 2.05) is 238 Å². The minimum absolute atomic E-state index is 0.00830. The molecule has 0 aliphatic rings. The lowest BCUT2D eigenvalue weighted by atomic mass is 10.00. The fourth-order valence-corrected chi connectivity index (χ4v) is 15.4. The molecule has 0 aliphatic heterocycles. The molecule has 0 unspecified atom stereocenters. The highest BCUT2D eigenvalue weighted by Crippen LogP contribution is 2.32. The van der Waals surface area contributed by atoms with Crippen LogP contribution in [0.25, 0.3) is 0 Å². The molecule has 6 amide bonds. The zero-order valence-corrected chi connectivity index (χ0v) is 83.3. The SMILES string of the molecule is CNC(=O)Cc1cccc(Br)c1COc1ccc(C)cc1C.CNC(=O)Cc1cccc(C)c1COc1ccc(C)cc1C.CNC(=O)Cc1cccc(Cl)c1COc1ccc(C)cc1C.CNC(=O)Cc1cccc(F)c1COc1ccc(C)cc1C.CNC(=O)Cc1cccc(I)c1COc1ccc(C)cc1C.CNC(=O)Cc1ccccc1COc1ccc(C)cc1C. The van der Waals surface area contributed by atoms with Gasteiger partial charge in [0.05, 0.1) is 38.5 Å². The zero-order valence-electron chi connectivity index (χ0n) is 78.8. The Bertz CT molecular complexity index is 5190. The smallest absolute Gasteiger partial charge is 0.224 e. The number of halogens is 4. The molecule has 131 heavy (non-hydrogen) atoms. The normalized spacial score (nSPS) is 10.3. The molecular weight excluding hydrogens is 1850 g/mol. The Hall–Kier alpha value is -12.3. The lowest BCUT2D eigenvalue weighted by molar-refractivity contribution is -0.120. The Kier molecular flexibility index (Phi) is 43.9. The number of carbonyl (C=O) groups excluding carboxylic acids is 6. The van der Waals surface area contributed by atoms with Crippen molar-refractivity contribution in [3.63, 3.8) is 0 Å². The van der Waals surface area contributed by atoms with Crippen molar-refractivity contribution in [3.05, 3.63) is 382 Å². The van der Waals surface area contributed by atoms with Gasteiger partial charge in [0.25, 0.3) is 0 Å². The number of aryl methyl sites for hydroxylation is 13. The highest BCUT2D eigenvalue weighted by atomic mass is 127. The van der Waals surface area contributed by atoms with Crippen molar-refractivity contribution < 1.29 is 61.6 Å². The summed E-state index contributed by atoms with van der Waals surface area (Å²) in [7, 11) is 9.79. The number of likely N-dealkylation sites (N-methyl/N-ethyl adjacent to an activating group) is 6. The first-order chi connectivity index (χ1) is 62.6. The van der Waals surface area contributed by atoms with Crippen LogP contribution in [0.15, 0.2) is 229 Å². The minimum Gasteiger partial charge on any atom is -0.489 e. The highest BCUT2D eigenvalue weighted by molar-refractivity contribution is 14.1. The van der Waals surface area contributed by atoms with Crippen LogP contribution in [0.4, 0.5) is 4.39 Å². The van der Waals surface area contributed by atoms with Crippen LogP contribution >= 0.6 is 50.1 Å². The second-order valence-corrected chi connectivity index (χ2v) is 34.4. The molecule has 6 N–H and O–H groups in total. The molecule has 0 fully saturated rings. The van der Waals surface area contributed by atoms with Crippen LogP contribution in [0.1, 0.15) is 139 Å². The van der Waals surface area contributed by atoms with Crippen molar-refractivity contribution in [2.45, 2.75) is 168 Å². The third-order valence-electron chi connectivity index (χ3n) is 21.5. The average Bonchev–Trinajstić information content (AvgIpc) is 0.849. The molecule has 0 radical (unpaired) electrons. The molecule has 0 bridgehead atoms. The first kappa shape index (κ1) is 106. The lowest BCUT2D eigenvalue weighted by Crippen LogP contribution is -2.21. The van der Waals surface area contributed by atoms with Crippen molar-refractivity contribution in [2.24, 2.45) is 0 Å². The van der Waals surface area contributed by atoms with Crippen LogP contribution < -0.4 is 60.3 Å². The van der Waals surface area contributed by atoms with E-state index in [1.54, 1.807) is 54.4 Å². The fourth-order valence-electron chi connectivity index (χ4n) is 14.0. The number of nitrogens with one attached hydrogen (secondary N) is 6. The summed E-state index contributed by atoms with van der Waals surface area (Å²) >= 11 is 12.1. The summed E-state index contributed by atoms with van der Waals surface area (Å²) in [4.78, 5) is 69.7. The topological polar surface area (TPSA) is 230 Å². The molecule has 22 heteroatoms. The van der Waals surface area contributed by atoms with Gasteiger partial charge in [0, 0.05) is 77.6 Å². The van der Waals surface area contributed by atoms with Crippen LogP contribution in [0.5, 0.6) is 34.5 Å². The summed E-state index contributed by atoms with van der Waals surface area (Å²) in [5.41, 5.74) is 26.0. The molecule has 12 rings (SSSR count). The van der Waals surface area contributed by atoms with Crippen molar-refractivity contribution >= 4 is 85.6 Å². The summed E-state index contributed by atoms with van der Waals surface area (Å²) in [6.45, 7) is 28.8. The predicted molar refractivity (Wildman–Crippen MR) is 537 cm³/mol. The number of hydrogen-bond donors (Lipinski definition) is 6. The molecule has 0 spiro atoms. The summed E-state index contributed by atoms with van der Waals surface area (Å²) in [6.07, 6.45) is 1.91. The molecule has 0 saturated heterocycles. The first-order valence-electron chi connectivity index (χ1n) is 43.3. The molecule has 12 aromatic rings. The third kappa shape index (κ3) is 34.8. The van der Waals surface area contributed by atoms with Gasteiger partial charge in [0.2, 0.25) is 35.4 Å². The largest absolute Gasteiger partial charge is 0.489 e. The van der Waals surface area contributed by atoms with E-state index in [4.69, 9.17) is 40.0 Å². The maximum atomic E-state index is 14.1. The van der Waals surface area contributed by atoms with Crippen molar-refractivity contribution in [1.29, 1.82) is 0 Å². The van der Waals surface area contributed by atoms with Crippen molar-refractivity contribution in [3.8, 4) is 34.5 Å². The predicted octanol–water partition coefficient (Wildman–Crippen LogP) is 21.5. The number of carbonyl (C=O) groups is 6. The van der Waals surface area contributed by atoms with Crippen molar-refractivity contribution in [1.82, 2.24) is 31.9 Å². The van der Waals surface area contributed by atoms with Gasteiger partial charge in [-0.25, -0.2) is 4.39 Å². The second kappa shape index (κ2) is 54.4. The quantitative estimate of drug-likeness (QED) is 0.0231. The van der Waals surface area contributed by atoms with E-state index in [0.717, 1.165) is 143 Å². The summed E-state index contributed by atoms with van der Waals surface area (Å²) in [5.74, 6) is 4.54. The maximum Gasteiger partial charge on any atom is 0.224 e. The molecule has 12 aromatic carbocycles. The minimum atomic E-state index is -0.355. The van der Waals surface area contributed by atoms with Gasteiger partial charge < -0.3 is 60.3 Å². The molecule has 0 aliphatic carbocycles. The Labute approximate surface area is 800 Å². The van der Waals surface area contributed by atoms with Gasteiger partial charge in [-0.1, -0.05) is 225 Å². The van der Waals surface area contributed by atoms with Crippen LogP contribution in [0.3, 0.4) is 0 Å². The van der Waals surface area contributed by atoms with Crippen LogP contribution in [0, 0.1) is 99.4 Å². The Balaban J connectivity index is 0.000000215. The molecule has 690 valence electrons. The van der Waals surface area contributed by atoms with Gasteiger partial charge in [0.15, 0.2) is 0 Å². The van der Waals surface area contributed by atoms with Gasteiger partial charge in [0.1, 0.15) is 80.0 Å². The van der Waals surface area contributed by atoms with Crippen LogP contribution in [-0.2, 0) is 107 Å². The van der Waals surface area contributed by atoms with E-state index >= 15 is 0 Å². The van der Waals surface area contributed by atoms with E-state index in [1.165, 1.54) is 33.9 Å². The van der Waals surface area contributed by atoms with E-state index in [9.17, 15) is 33.2 Å². The lowest BCUT2D eigenvalue weighted by Gasteiger charge is -2.15. The van der Waals surface area contributed by atoms with Crippen LogP contribution in [0.2, 0.25) is 5.02 Å². The molecular formula is C109H124BrClFIN6O12. The molecule has 18 nitrogen and oxygen atoms in total. The van der Waals surface area contributed by atoms with Gasteiger partial charge in [-0.05, 0) is 257 Å². The molecule has 0 aromatic heterocycles. The Morgan fingerprint density at radius 1 is 0.275 bits per heavy atom. The monoisotopic (exact) mass is 1970 g/mol. The second-order valence-electron chi connectivity index (χ2n) is 31.9. The molecule has 0 saturated carbocycles. The number of hydrogen-bond acceptors (Lipinski definition) is 12. The molecule has 0 atom stereocenters. The number of ether oxygens (including phenoxy) is 6. The zero-order chi connectivity index (χ0) is 95.8. The van der Waals surface area contributed by atoms with E-state index in [2.05, 4.69) is 128 Å². The average molecular weight is 1970 g/mol. The van der Waals surface area contributed by atoms with Gasteiger partial charge in [-0.15, -0.1) is 0 Å². The fraction of sp³-hybridized carbons (Fsp3) is 0.284. The summed E-state index contributed by atoms with van der Waals surface area (Å²) < 4.78 is 51.6. The Morgan fingerprint density at radius 2 is 0.527 bits per heavy atom. The van der Waals surface area contributed by atoms with Crippen LogP contribution in [-0.4, -0.2) is 77.7 Å². The summed E-state index contributed by atoms with van der Waals surface area (Å²) in [5, 5.41) is 16.4. The number of benzene rings is 12. The highest BCUT2D eigenvalue weighted by Gasteiger charge is 2.19. The Morgan fingerprint density at radius 3 is 0.885 bits per heavy atom. The van der Waals surface area contributed by atoms with E-state index in [-0.39, 0.29) is 54.3 Å². The first-order valence-corrected chi connectivity index (χ1v) is 45.5. The van der Waals surface area contributed by atoms with Gasteiger partial charge >= 0.3 is 0 Å². The van der Waals surface area contributed by atoms with Crippen molar-refractivity contribution in [2.75, 3.05) is 42.3 Å². The van der Waals surface area contributed by atoms with E-state index < -0.39 is 0 Å². The standard InChI is InChI=1S/C19H23NO2.C18H20BrNO2.C18H20ClNO2.C18H20FNO2.C18H20INO2.C18H21NO2/c1-13-8-9-18(15(3)10-13)22-12-17-14(2)6-5-7-16(17)11-19(21)20-4;4*1-12-7-8-17(13(2)9-12)22-11-15-14(10-18(21)20-3)5-4-6-16(15)19;1-13-8-9-17(14(2)10-13)21-12-16-7-5-4-6-15(16)11-18(20)19-3/h5-10H,11-12H2,1-4H3,(H,20,21);4*4-9H,10-11H2,1-3H3,(H,20,21);4-10H,11-12H2,1-3H3,(H,19,20). The summed E-state index contributed by atoms with van der Waals surface area (Å²) in [6, 6.07) is 72.5. The maximum absolute atomic E-state index is 14.1. The number of rotatable bonds is 30. The molecule has 0 heterocycles. The van der Waals surface area contributed by atoms with E-state index in [0.29, 0.717) is 81.3 Å². The number of amides is 6. The van der Waals surface area contributed by atoms with Gasteiger partial charge in [-0.3, -0.25) is 28.8 Å².